The summed E-state index contributed by atoms with van der Waals surface area (Å²) in [5, 5.41) is 0. The van der Waals surface area contributed by atoms with Crippen molar-refractivity contribution in [2.24, 2.45) is 5.92 Å². The molecule has 0 unspecified atom stereocenters. The normalized spacial score (nSPS) is 18.2. The molecule has 1 aromatic carbocycles. The fourth-order valence-corrected chi connectivity index (χ4v) is 2.73. The molecule has 0 atom stereocenters. The van der Waals surface area contributed by atoms with E-state index in [-0.39, 0.29) is 18.2 Å². The molecule has 1 aliphatic carbocycles. The molecule has 1 saturated carbocycles. The molecule has 0 spiro atoms. The summed E-state index contributed by atoms with van der Waals surface area (Å²) in [4.78, 5) is 36.8. The highest BCUT2D eigenvalue weighted by molar-refractivity contribution is 9.10. The Bertz CT molecular complexity index is 578. The van der Waals surface area contributed by atoms with Gasteiger partial charge in [0.2, 0.25) is 0 Å². The Hall–Kier alpha value is -1.49. The number of Topliss-reactive ketones (excluding diaryl/α,β-unsaturated/α-hetero) is 2. The molecule has 5 heteroatoms. The molecule has 4 nitrogen and oxygen atoms in total. The van der Waals surface area contributed by atoms with Crippen LogP contribution in [0.25, 0.3) is 0 Å². The van der Waals surface area contributed by atoms with Crippen molar-refractivity contribution in [2.75, 3.05) is 11.4 Å². The zero-order valence-corrected chi connectivity index (χ0v) is 11.1. The molecule has 2 aliphatic rings. The van der Waals surface area contributed by atoms with E-state index >= 15 is 0 Å². The van der Waals surface area contributed by atoms with Gasteiger partial charge in [-0.15, -0.1) is 0 Å². The van der Waals surface area contributed by atoms with Crippen molar-refractivity contribution >= 4 is 39.1 Å². The van der Waals surface area contributed by atoms with Crippen molar-refractivity contribution in [3.8, 4) is 0 Å². The summed E-state index contributed by atoms with van der Waals surface area (Å²) in [5.74, 6) is -1.01. The van der Waals surface area contributed by atoms with Gasteiger partial charge < -0.3 is 0 Å². The van der Waals surface area contributed by atoms with Gasteiger partial charge in [0.05, 0.1) is 17.8 Å². The number of carbonyl (C=O) groups excluding carboxylic acids is 3. The summed E-state index contributed by atoms with van der Waals surface area (Å²) in [7, 11) is 0. The molecule has 0 saturated heterocycles. The minimum Gasteiger partial charge on any atom is -0.297 e. The third kappa shape index (κ3) is 1.70. The largest absolute Gasteiger partial charge is 0.299 e. The Morgan fingerprint density at radius 3 is 2.72 bits per heavy atom. The standard InChI is InChI=1S/C13H10BrNO3/c14-9-3-1-2-8-11(9)15(13(18)12(8)17)6-10(16)7-4-5-7/h1-3,7H,4-6H2. The lowest BCUT2D eigenvalue weighted by Gasteiger charge is -2.16. The molecule has 18 heavy (non-hydrogen) atoms. The SMILES string of the molecule is O=C1C(=O)N(CC(=O)C2CC2)c2c(Br)cccc21. The number of hydrogen-bond acceptors (Lipinski definition) is 3. The third-order valence-electron chi connectivity index (χ3n) is 3.29. The number of benzene rings is 1. The predicted octanol–water partition coefficient (Wildman–Crippen LogP) is 1.96. The van der Waals surface area contributed by atoms with Crippen LogP contribution >= 0.6 is 15.9 Å². The molecule has 1 amide bonds. The highest BCUT2D eigenvalue weighted by Crippen LogP contribution is 2.37. The smallest absolute Gasteiger partial charge is 0.297 e. The van der Waals surface area contributed by atoms with Crippen LogP contribution in [0.5, 0.6) is 0 Å². The van der Waals surface area contributed by atoms with E-state index in [1.54, 1.807) is 18.2 Å². The van der Waals surface area contributed by atoms with E-state index < -0.39 is 11.7 Å². The third-order valence-corrected chi connectivity index (χ3v) is 3.93. The van der Waals surface area contributed by atoms with Gasteiger partial charge in [0, 0.05) is 10.4 Å². The molecule has 0 radical (unpaired) electrons. The van der Waals surface area contributed by atoms with Gasteiger partial charge in [0.15, 0.2) is 5.78 Å². The second kappa shape index (κ2) is 4.02. The fourth-order valence-electron chi connectivity index (χ4n) is 2.15. The van der Waals surface area contributed by atoms with Crippen molar-refractivity contribution < 1.29 is 14.4 Å². The van der Waals surface area contributed by atoms with Crippen molar-refractivity contribution in [3.63, 3.8) is 0 Å². The molecule has 92 valence electrons. The first-order valence-electron chi connectivity index (χ1n) is 5.77. The summed E-state index contributed by atoms with van der Waals surface area (Å²) >= 11 is 3.33. The quantitative estimate of drug-likeness (QED) is 0.802. The fraction of sp³-hybridized carbons (Fsp3) is 0.308. The monoisotopic (exact) mass is 307 g/mol. The van der Waals surface area contributed by atoms with Crippen LogP contribution in [-0.4, -0.2) is 24.0 Å². The molecule has 1 aromatic rings. The number of para-hydroxylation sites is 1. The van der Waals surface area contributed by atoms with Crippen molar-refractivity contribution in [1.29, 1.82) is 0 Å². The Morgan fingerprint density at radius 1 is 1.33 bits per heavy atom. The van der Waals surface area contributed by atoms with Gasteiger partial charge in [0.25, 0.3) is 11.7 Å². The van der Waals surface area contributed by atoms with Gasteiger partial charge >= 0.3 is 0 Å². The van der Waals surface area contributed by atoms with E-state index in [1.807, 2.05) is 0 Å². The molecule has 0 aromatic heterocycles. The molecule has 3 rings (SSSR count). The Morgan fingerprint density at radius 2 is 2.06 bits per heavy atom. The molecule has 0 N–H and O–H groups in total. The number of anilines is 1. The van der Waals surface area contributed by atoms with E-state index in [4.69, 9.17) is 0 Å². The van der Waals surface area contributed by atoms with Crippen LogP contribution in [0, 0.1) is 5.92 Å². The van der Waals surface area contributed by atoms with E-state index in [9.17, 15) is 14.4 Å². The average molecular weight is 308 g/mol. The molecule has 1 heterocycles. The minimum absolute atomic E-state index is 0.00481. The van der Waals surface area contributed by atoms with Gasteiger partial charge in [-0.25, -0.2) is 0 Å². The summed E-state index contributed by atoms with van der Waals surface area (Å²) < 4.78 is 0.669. The predicted molar refractivity (Wildman–Crippen MR) is 68.6 cm³/mol. The summed E-state index contributed by atoms with van der Waals surface area (Å²) in [5.41, 5.74) is 0.902. The van der Waals surface area contributed by atoms with Crippen LogP contribution in [0.4, 0.5) is 5.69 Å². The van der Waals surface area contributed by atoms with E-state index in [2.05, 4.69) is 15.9 Å². The second-order valence-corrected chi connectivity index (χ2v) is 5.45. The molecular weight excluding hydrogens is 298 g/mol. The highest BCUT2D eigenvalue weighted by atomic mass is 79.9. The lowest BCUT2D eigenvalue weighted by Crippen LogP contribution is -2.35. The first kappa shape index (κ1) is 11.6. The summed E-state index contributed by atoms with van der Waals surface area (Å²) in [6.45, 7) is 0.00481. The van der Waals surface area contributed by atoms with Crippen LogP contribution in [0.1, 0.15) is 23.2 Å². The molecular formula is C13H10BrNO3. The number of ketones is 2. The van der Waals surface area contributed by atoms with Crippen molar-refractivity contribution in [1.82, 2.24) is 0 Å². The van der Waals surface area contributed by atoms with Gasteiger partial charge in [0.1, 0.15) is 0 Å². The minimum atomic E-state index is -0.606. The van der Waals surface area contributed by atoms with E-state index in [0.717, 1.165) is 12.8 Å². The Kier molecular flexibility index (Phi) is 2.59. The number of fused-ring (bicyclic) bond motifs is 1. The van der Waals surface area contributed by atoms with Crippen molar-refractivity contribution in [2.45, 2.75) is 12.8 Å². The first-order chi connectivity index (χ1) is 8.59. The zero-order chi connectivity index (χ0) is 12.9. The maximum atomic E-state index is 11.9. The van der Waals surface area contributed by atoms with Gasteiger partial charge in [-0.1, -0.05) is 6.07 Å². The Balaban J connectivity index is 1.98. The van der Waals surface area contributed by atoms with Crippen LogP contribution in [0.3, 0.4) is 0 Å². The highest BCUT2D eigenvalue weighted by Gasteiger charge is 2.40. The molecule has 1 fully saturated rings. The van der Waals surface area contributed by atoms with Crippen LogP contribution in [0.2, 0.25) is 0 Å². The van der Waals surface area contributed by atoms with E-state index in [0.29, 0.717) is 15.7 Å². The number of rotatable bonds is 3. The number of amides is 1. The van der Waals surface area contributed by atoms with Crippen LogP contribution in [-0.2, 0) is 9.59 Å². The number of carbonyl (C=O) groups is 3. The molecule has 0 bridgehead atoms. The van der Waals surface area contributed by atoms with Crippen LogP contribution in [0.15, 0.2) is 22.7 Å². The summed E-state index contributed by atoms with van der Waals surface area (Å²) in [6.07, 6.45) is 1.80. The number of nitrogens with zero attached hydrogens (tertiary/aromatic N) is 1. The maximum Gasteiger partial charge on any atom is 0.299 e. The maximum absolute atomic E-state index is 11.9. The summed E-state index contributed by atoms with van der Waals surface area (Å²) in [6, 6.07) is 5.08. The van der Waals surface area contributed by atoms with Gasteiger partial charge in [-0.3, -0.25) is 19.3 Å². The second-order valence-electron chi connectivity index (χ2n) is 4.60. The van der Waals surface area contributed by atoms with Crippen LogP contribution < -0.4 is 4.90 Å². The van der Waals surface area contributed by atoms with Gasteiger partial charge in [-0.2, -0.15) is 0 Å². The average Bonchev–Trinajstić information content (AvgIpc) is 3.15. The lowest BCUT2D eigenvalue weighted by molar-refractivity contribution is -0.121. The number of halogens is 1. The van der Waals surface area contributed by atoms with Crippen molar-refractivity contribution in [3.05, 3.63) is 28.2 Å². The lowest BCUT2D eigenvalue weighted by atomic mass is 10.1. The Labute approximate surface area is 112 Å². The van der Waals surface area contributed by atoms with E-state index in [1.165, 1.54) is 4.90 Å². The zero-order valence-electron chi connectivity index (χ0n) is 9.48. The topological polar surface area (TPSA) is 54.5 Å². The molecule has 1 aliphatic heterocycles. The number of hydrogen-bond donors (Lipinski definition) is 0. The van der Waals surface area contributed by atoms with Gasteiger partial charge in [-0.05, 0) is 40.9 Å². The first-order valence-corrected chi connectivity index (χ1v) is 6.56.